The molecule has 0 fully saturated rings. The van der Waals surface area contributed by atoms with E-state index in [1.54, 1.807) is 18.2 Å². The van der Waals surface area contributed by atoms with Crippen LogP contribution in [0.3, 0.4) is 0 Å². The van der Waals surface area contributed by atoms with Gasteiger partial charge >= 0.3 is 5.97 Å². The van der Waals surface area contributed by atoms with Crippen LogP contribution in [0.2, 0.25) is 0 Å². The molecule has 0 saturated carbocycles. The third-order valence-electron chi connectivity index (χ3n) is 3.33. The Morgan fingerprint density at radius 1 is 1.29 bits per heavy atom. The van der Waals surface area contributed by atoms with E-state index in [0.717, 1.165) is 0 Å². The number of hydrogen-bond donors (Lipinski definition) is 1. The van der Waals surface area contributed by atoms with Crippen LogP contribution in [0.25, 0.3) is 0 Å². The monoisotopic (exact) mass is 329 g/mol. The topological polar surface area (TPSA) is 111 Å². The number of rotatable bonds is 6. The molecule has 1 heterocycles. The Labute approximate surface area is 137 Å². The zero-order chi connectivity index (χ0) is 17.5. The Morgan fingerprint density at radius 3 is 2.67 bits per heavy atom. The fourth-order valence-electron chi connectivity index (χ4n) is 2.16. The van der Waals surface area contributed by atoms with Crippen LogP contribution in [0.5, 0.6) is 0 Å². The summed E-state index contributed by atoms with van der Waals surface area (Å²) in [5.74, 6) is -1.21. The van der Waals surface area contributed by atoms with Crippen molar-refractivity contribution in [1.29, 1.82) is 0 Å². The van der Waals surface area contributed by atoms with E-state index in [-0.39, 0.29) is 17.7 Å². The second kappa shape index (κ2) is 7.82. The van der Waals surface area contributed by atoms with Crippen molar-refractivity contribution in [3.63, 3.8) is 0 Å². The predicted molar refractivity (Wildman–Crippen MR) is 84.3 cm³/mol. The Hall–Kier alpha value is -3.29. The van der Waals surface area contributed by atoms with E-state index < -0.39 is 22.8 Å². The van der Waals surface area contributed by atoms with Gasteiger partial charge in [0.25, 0.3) is 11.6 Å². The van der Waals surface area contributed by atoms with E-state index in [1.807, 2.05) is 0 Å². The lowest BCUT2D eigenvalue weighted by molar-refractivity contribution is -0.385. The maximum absolute atomic E-state index is 12.2. The van der Waals surface area contributed by atoms with Gasteiger partial charge in [0, 0.05) is 30.4 Å². The average Bonchev–Trinajstić information content (AvgIpc) is 2.61. The highest BCUT2D eigenvalue weighted by Gasteiger charge is 2.26. The lowest BCUT2D eigenvalue weighted by atomic mass is 10.0. The number of benzene rings is 1. The van der Waals surface area contributed by atoms with Gasteiger partial charge in [0.2, 0.25) is 0 Å². The van der Waals surface area contributed by atoms with Crippen LogP contribution in [0.1, 0.15) is 15.9 Å². The number of esters is 1. The van der Waals surface area contributed by atoms with E-state index in [2.05, 4.69) is 15.0 Å². The summed E-state index contributed by atoms with van der Waals surface area (Å²) in [4.78, 5) is 38.5. The molecule has 8 nitrogen and oxygen atoms in total. The number of aromatic nitrogens is 1. The maximum Gasteiger partial charge on any atom is 0.328 e. The van der Waals surface area contributed by atoms with Crippen molar-refractivity contribution in [1.82, 2.24) is 10.3 Å². The Kier molecular flexibility index (Phi) is 5.56. The minimum absolute atomic E-state index is 0.0597. The zero-order valence-electron chi connectivity index (χ0n) is 12.8. The number of amides is 1. The molecule has 2 rings (SSSR count). The number of nitro groups is 1. The molecular weight excluding hydrogens is 314 g/mol. The van der Waals surface area contributed by atoms with Crippen molar-refractivity contribution in [3.05, 3.63) is 70.0 Å². The molecule has 1 N–H and O–H groups in total. The first-order chi connectivity index (χ1) is 11.5. The Morgan fingerprint density at radius 2 is 2.04 bits per heavy atom. The van der Waals surface area contributed by atoms with Gasteiger partial charge in [-0.2, -0.15) is 0 Å². The van der Waals surface area contributed by atoms with E-state index in [0.29, 0.717) is 5.56 Å². The number of carbonyl (C=O) groups is 2. The van der Waals surface area contributed by atoms with Crippen molar-refractivity contribution < 1.29 is 19.2 Å². The molecule has 0 saturated heterocycles. The molecule has 1 amide bonds. The first-order valence-electron chi connectivity index (χ1n) is 7.04. The first kappa shape index (κ1) is 17.1. The molecule has 2 aromatic rings. The minimum atomic E-state index is -1.05. The summed E-state index contributed by atoms with van der Waals surface area (Å²) in [5.41, 5.74) is 0.473. The van der Waals surface area contributed by atoms with Crippen molar-refractivity contribution in [2.45, 2.75) is 12.5 Å². The number of hydrogen-bond acceptors (Lipinski definition) is 6. The molecule has 24 heavy (non-hydrogen) atoms. The molecule has 0 bridgehead atoms. The summed E-state index contributed by atoms with van der Waals surface area (Å²) in [6, 6.07) is 8.11. The summed E-state index contributed by atoms with van der Waals surface area (Å²) < 4.78 is 4.68. The van der Waals surface area contributed by atoms with Gasteiger partial charge in [0.05, 0.1) is 17.6 Å². The maximum atomic E-state index is 12.2. The molecule has 8 heteroatoms. The van der Waals surface area contributed by atoms with Crippen LogP contribution in [-0.4, -0.2) is 34.9 Å². The number of methoxy groups -OCH3 is 1. The van der Waals surface area contributed by atoms with Crippen LogP contribution in [-0.2, 0) is 16.0 Å². The standard InChI is InChI=1S/C16H15N3O5/c1-24-16(21)13(18-15(20)12-6-4-8-17-10-12)9-11-5-2-3-7-14(11)19(22)23/h2-8,10,13H,9H2,1H3,(H,18,20)/t13-/m0/s1. The van der Waals surface area contributed by atoms with Gasteiger partial charge < -0.3 is 10.1 Å². The molecular formula is C16H15N3O5. The quantitative estimate of drug-likeness (QED) is 0.488. The van der Waals surface area contributed by atoms with Crippen LogP contribution >= 0.6 is 0 Å². The van der Waals surface area contributed by atoms with E-state index in [4.69, 9.17) is 0 Å². The van der Waals surface area contributed by atoms with Gasteiger partial charge in [0.15, 0.2) is 0 Å². The molecule has 1 aromatic heterocycles. The van der Waals surface area contributed by atoms with Gasteiger partial charge in [-0.3, -0.25) is 19.9 Å². The van der Waals surface area contributed by atoms with Gasteiger partial charge in [-0.05, 0) is 12.1 Å². The third-order valence-corrected chi connectivity index (χ3v) is 3.33. The summed E-state index contributed by atoms with van der Waals surface area (Å²) in [6.45, 7) is 0. The second-order valence-corrected chi connectivity index (χ2v) is 4.88. The summed E-state index contributed by atoms with van der Waals surface area (Å²) in [6.07, 6.45) is 2.81. The normalized spacial score (nSPS) is 11.4. The SMILES string of the molecule is COC(=O)[C@H](Cc1ccccc1[N+](=O)[O-])NC(=O)c1cccnc1. The van der Waals surface area contributed by atoms with Gasteiger partial charge in [0.1, 0.15) is 6.04 Å². The Bertz CT molecular complexity index is 748. The lowest BCUT2D eigenvalue weighted by Crippen LogP contribution is -2.43. The highest BCUT2D eigenvalue weighted by molar-refractivity contribution is 5.96. The number of nitrogens with zero attached hydrogens (tertiary/aromatic N) is 2. The number of carbonyl (C=O) groups excluding carboxylic acids is 2. The van der Waals surface area contributed by atoms with Crippen LogP contribution in [0.15, 0.2) is 48.8 Å². The van der Waals surface area contributed by atoms with Crippen molar-refractivity contribution in [3.8, 4) is 0 Å². The highest BCUT2D eigenvalue weighted by Crippen LogP contribution is 2.19. The average molecular weight is 329 g/mol. The molecule has 0 aliphatic rings. The van der Waals surface area contributed by atoms with Gasteiger partial charge in [-0.25, -0.2) is 4.79 Å². The molecule has 0 aliphatic heterocycles. The van der Waals surface area contributed by atoms with Crippen LogP contribution < -0.4 is 5.32 Å². The fourth-order valence-corrected chi connectivity index (χ4v) is 2.16. The minimum Gasteiger partial charge on any atom is -0.467 e. The highest BCUT2D eigenvalue weighted by atomic mass is 16.6. The van der Waals surface area contributed by atoms with Crippen molar-refractivity contribution in [2.24, 2.45) is 0 Å². The molecule has 0 spiro atoms. The summed E-state index contributed by atoms with van der Waals surface area (Å²) in [5, 5.41) is 13.6. The molecule has 0 radical (unpaired) electrons. The molecule has 1 aromatic carbocycles. The number of ether oxygens (including phenoxy) is 1. The van der Waals surface area contributed by atoms with Crippen molar-refractivity contribution in [2.75, 3.05) is 7.11 Å². The lowest BCUT2D eigenvalue weighted by Gasteiger charge is -2.16. The van der Waals surface area contributed by atoms with Crippen LogP contribution in [0, 0.1) is 10.1 Å². The smallest absolute Gasteiger partial charge is 0.328 e. The number of nitro benzene ring substituents is 1. The van der Waals surface area contributed by atoms with E-state index in [1.165, 1.54) is 37.7 Å². The molecule has 0 unspecified atom stereocenters. The second-order valence-electron chi connectivity index (χ2n) is 4.88. The predicted octanol–water partition coefficient (Wildman–Crippen LogP) is 1.50. The van der Waals surface area contributed by atoms with E-state index >= 15 is 0 Å². The third kappa shape index (κ3) is 4.13. The van der Waals surface area contributed by atoms with Gasteiger partial charge in [-0.15, -0.1) is 0 Å². The Balaban J connectivity index is 2.22. The number of para-hydroxylation sites is 1. The largest absolute Gasteiger partial charge is 0.467 e. The number of pyridine rings is 1. The molecule has 1 atom stereocenters. The molecule has 124 valence electrons. The fraction of sp³-hybridized carbons (Fsp3) is 0.188. The first-order valence-corrected chi connectivity index (χ1v) is 7.04. The summed E-state index contributed by atoms with van der Waals surface area (Å²) >= 11 is 0. The van der Waals surface area contributed by atoms with Crippen molar-refractivity contribution >= 4 is 17.6 Å². The number of nitrogens with one attached hydrogen (secondary N) is 1. The molecule has 0 aliphatic carbocycles. The van der Waals surface area contributed by atoms with E-state index in [9.17, 15) is 19.7 Å². The zero-order valence-corrected chi connectivity index (χ0v) is 12.8. The van der Waals surface area contributed by atoms with Gasteiger partial charge in [-0.1, -0.05) is 18.2 Å². The van der Waals surface area contributed by atoms with Crippen LogP contribution in [0.4, 0.5) is 5.69 Å². The summed E-state index contributed by atoms with van der Waals surface area (Å²) in [7, 11) is 1.19.